The first-order valence-electron chi connectivity index (χ1n) is 6.89. The normalized spacial score (nSPS) is 23.2. The van der Waals surface area contributed by atoms with Gasteiger partial charge in [-0.2, -0.15) is 0 Å². The van der Waals surface area contributed by atoms with Crippen LogP contribution in [-0.4, -0.2) is 44.0 Å². The van der Waals surface area contributed by atoms with Gasteiger partial charge in [0.15, 0.2) is 0 Å². The molecule has 1 rings (SSSR count). The van der Waals surface area contributed by atoms with Gasteiger partial charge in [0.25, 0.3) is 0 Å². The molecule has 0 aliphatic carbocycles. The molecule has 0 spiro atoms. The Morgan fingerprint density at radius 3 is 2.24 bits per heavy atom. The van der Waals surface area contributed by atoms with Gasteiger partial charge in [-0.25, -0.2) is 0 Å². The van der Waals surface area contributed by atoms with E-state index < -0.39 is 0 Å². The molecule has 17 heavy (non-hydrogen) atoms. The number of rotatable bonds is 5. The monoisotopic (exact) mass is 245 g/mol. The summed E-state index contributed by atoms with van der Waals surface area (Å²) in [6, 6.07) is 0. The molecule has 0 saturated carbocycles. The Morgan fingerprint density at radius 1 is 1.29 bits per heavy atom. The molecular formula is C14H31NO2. The Kier molecular flexibility index (Phi) is 13.4. The van der Waals surface area contributed by atoms with E-state index in [0.717, 1.165) is 32.3 Å². The molecule has 0 aromatic heterocycles. The van der Waals surface area contributed by atoms with E-state index >= 15 is 0 Å². The number of hydrogen-bond acceptors (Lipinski definition) is 3. The fourth-order valence-corrected chi connectivity index (χ4v) is 2.24. The summed E-state index contributed by atoms with van der Waals surface area (Å²) in [6.45, 7) is 9.87. The third kappa shape index (κ3) is 6.18. The first kappa shape index (κ1) is 18.9. The maximum absolute atomic E-state index is 10.4. The van der Waals surface area contributed by atoms with Crippen molar-refractivity contribution in [1.82, 2.24) is 4.90 Å². The van der Waals surface area contributed by atoms with Crippen molar-refractivity contribution >= 4 is 6.29 Å². The Hall–Kier alpha value is -0.410. The summed E-state index contributed by atoms with van der Waals surface area (Å²) in [5.41, 5.74) is 0.135. The lowest BCUT2D eigenvalue weighted by molar-refractivity contribution is -0.108. The second-order valence-corrected chi connectivity index (χ2v) is 3.89. The predicted octanol–water partition coefficient (Wildman–Crippen LogP) is 3.13. The molecule has 3 nitrogen and oxygen atoms in total. The molecular weight excluding hydrogens is 214 g/mol. The van der Waals surface area contributed by atoms with Gasteiger partial charge in [0, 0.05) is 19.1 Å². The zero-order chi connectivity index (χ0) is 13.7. The van der Waals surface area contributed by atoms with Crippen LogP contribution in [0.2, 0.25) is 0 Å². The third-order valence-electron chi connectivity index (χ3n) is 3.09. The number of aldehydes is 1. The Morgan fingerprint density at radius 2 is 1.88 bits per heavy atom. The van der Waals surface area contributed by atoms with Gasteiger partial charge >= 0.3 is 0 Å². The number of ether oxygens (including phenoxy) is 1. The highest BCUT2D eigenvalue weighted by Crippen LogP contribution is 2.31. The van der Waals surface area contributed by atoms with Crippen LogP contribution in [0.3, 0.4) is 0 Å². The first-order valence-corrected chi connectivity index (χ1v) is 6.89. The molecule has 1 saturated heterocycles. The molecule has 0 N–H and O–H groups in total. The van der Waals surface area contributed by atoms with Crippen molar-refractivity contribution in [3.05, 3.63) is 0 Å². The summed E-state index contributed by atoms with van der Waals surface area (Å²) in [7, 11) is 3.85. The number of likely N-dealkylation sites (tertiary alicyclic amines) is 1. The lowest BCUT2D eigenvalue weighted by Gasteiger charge is -2.35. The maximum Gasteiger partial charge on any atom is 0.120 e. The molecule has 1 fully saturated rings. The van der Waals surface area contributed by atoms with Crippen molar-refractivity contribution in [3.63, 3.8) is 0 Å². The second-order valence-electron chi connectivity index (χ2n) is 3.89. The molecule has 0 radical (unpaired) electrons. The summed E-state index contributed by atoms with van der Waals surface area (Å²) in [4.78, 5) is 12.7. The molecule has 1 unspecified atom stereocenters. The minimum Gasteiger partial charge on any atom is -0.383 e. The Balaban J connectivity index is 0. The number of carbonyl (C=O) groups is 1. The molecule has 0 aromatic carbocycles. The second kappa shape index (κ2) is 12.1. The summed E-state index contributed by atoms with van der Waals surface area (Å²) >= 11 is 0. The fraction of sp³-hybridized carbons (Fsp3) is 0.929. The highest BCUT2D eigenvalue weighted by Gasteiger charge is 2.37. The number of methoxy groups -OCH3 is 1. The SMILES string of the molecule is CC.CC.COCC1(CCC=O)CCCN1C. The van der Waals surface area contributed by atoms with E-state index in [1.165, 1.54) is 6.42 Å². The molecule has 1 aliphatic rings. The molecule has 1 aliphatic heterocycles. The van der Waals surface area contributed by atoms with Gasteiger partial charge < -0.3 is 9.53 Å². The van der Waals surface area contributed by atoms with Gasteiger partial charge in [0.05, 0.1) is 6.61 Å². The highest BCUT2D eigenvalue weighted by molar-refractivity contribution is 5.49. The number of carbonyl (C=O) groups excluding carboxylic acids is 1. The van der Waals surface area contributed by atoms with Crippen molar-refractivity contribution in [2.75, 3.05) is 27.3 Å². The first-order chi connectivity index (χ1) is 8.25. The zero-order valence-electron chi connectivity index (χ0n) is 12.6. The lowest BCUT2D eigenvalue weighted by atomic mass is 9.92. The summed E-state index contributed by atoms with van der Waals surface area (Å²) in [6.07, 6.45) is 4.96. The Labute approximate surface area is 108 Å². The van der Waals surface area contributed by atoms with Crippen molar-refractivity contribution in [2.24, 2.45) is 0 Å². The fourth-order valence-electron chi connectivity index (χ4n) is 2.24. The lowest BCUT2D eigenvalue weighted by Crippen LogP contribution is -2.45. The maximum atomic E-state index is 10.4. The van der Waals surface area contributed by atoms with Crippen LogP contribution in [0.1, 0.15) is 53.4 Å². The molecule has 1 heterocycles. The summed E-state index contributed by atoms with van der Waals surface area (Å²) in [5, 5.41) is 0. The number of hydrogen-bond donors (Lipinski definition) is 0. The van der Waals surface area contributed by atoms with E-state index in [0.29, 0.717) is 6.42 Å². The largest absolute Gasteiger partial charge is 0.383 e. The standard InChI is InChI=1S/C10H19NO2.2C2H6/c1-11-7-3-5-10(11,9-13-2)6-4-8-12;2*1-2/h8H,3-7,9H2,1-2H3;2*1-2H3. The minimum atomic E-state index is 0.135. The van der Waals surface area contributed by atoms with Crippen LogP contribution < -0.4 is 0 Å². The summed E-state index contributed by atoms with van der Waals surface area (Å²) in [5.74, 6) is 0. The number of nitrogens with zero attached hydrogens (tertiary/aromatic N) is 1. The zero-order valence-corrected chi connectivity index (χ0v) is 12.6. The van der Waals surface area contributed by atoms with E-state index in [9.17, 15) is 4.79 Å². The molecule has 0 aromatic rings. The van der Waals surface area contributed by atoms with Crippen LogP contribution >= 0.6 is 0 Å². The molecule has 3 heteroatoms. The van der Waals surface area contributed by atoms with Crippen molar-refractivity contribution in [1.29, 1.82) is 0 Å². The van der Waals surface area contributed by atoms with Gasteiger partial charge in [0.1, 0.15) is 6.29 Å². The number of likely N-dealkylation sites (N-methyl/N-ethyl adjacent to an activating group) is 1. The third-order valence-corrected chi connectivity index (χ3v) is 3.09. The quantitative estimate of drug-likeness (QED) is 0.697. The molecule has 104 valence electrons. The van der Waals surface area contributed by atoms with Gasteiger partial charge in [-0.3, -0.25) is 4.90 Å². The minimum absolute atomic E-state index is 0.135. The van der Waals surface area contributed by atoms with Gasteiger partial charge in [-0.05, 0) is 32.9 Å². The van der Waals surface area contributed by atoms with E-state index in [2.05, 4.69) is 11.9 Å². The van der Waals surface area contributed by atoms with Gasteiger partial charge in [-0.1, -0.05) is 27.7 Å². The topological polar surface area (TPSA) is 29.5 Å². The average Bonchev–Trinajstić information content (AvgIpc) is 2.74. The van der Waals surface area contributed by atoms with Crippen LogP contribution in [0, 0.1) is 0 Å². The smallest absolute Gasteiger partial charge is 0.120 e. The van der Waals surface area contributed by atoms with E-state index in [-0.39, 0.29) is 5.54 Å². The van der Waals surface area contributed by atoms with E-state index in [1.54, 1.807) is 7.11 Å². The molecule has 0 bridgehead atoms. The summed E-state index contributed by atoms with van der Waals surface area (Å²) < 4.78 is 5.24. The van der Waals surface area contributed by atoms with Gasteiger partial charge in [0.2, 0.25) is 0 Å². The van der Waals surface area contributed by atoms with Crippen LogP contribution in [0.5, 0.6) is 0 Å². The van der Waals surface area contributed by atoms with Crippen LogP contribution in [-0.2, 0) is 9.53 Å². The van der Waals surface area contributed by atoms with Crippen LogP contribution in [0.15, 0.2) is 0 Å². The van der Waals surface area contributed by atoms with E-state index in [4.69, 9.17) is 4.74 Å². The van der Waals surface area contributed by atoms with Crippen LogP contribution in [0.25, 0.3) is 0 Å². The van der Waals surface area contributed by atoms with Crippen molar-refractivity contribution in [2.45, 2.75) is 58.9 Å². The average molecular weight is 245 g/mol. The molecule has 1 atom stereocenters. The Bertz CT molecular complexity index is 174. The van der Waals surface area contributed by atoms with Crippen LogP contribution in [0.4, 0.5) is 0 Å². The predicted molar refractivity (Wildman–Crippen MR) is 74.5 cm³/mol. The van der Waals surface area contributed by atoms with Crippen molar-refractivity contribution < 1.29 is 9.53 Å². The van der Waals surface area contributed by atoms with Gasteiger partial charge in [-0.15, -0.1) is 0 Å². The highest BCUT2D eigenvalue weighted by atomic mass is 16.5. The van der Waals surface area contributed by atoms with Crippen molar-refractivity contribution in [3.8, 4) is 0 Å². The van der Waals surface area contributed by atoms with E-state index in [1.807, 2.05) is 27.7 Å². The molecule has 0 amide bonds.